The molecule has 3 heteroatoms. The molecule has 0 amide bonds. The highest BCUT2D eigenvalue weighted by molar-refractivity contribution is 5.78. The molecule has 1 heterocycles. The first-order valence-corrected chi connectivity index (χ1v) is 7.19. The smallest absolute Gasteiger partial charge is 0.0702 e. The molecule has 0 aliphatic rings. The van der Waals surface area contributed by atoms with Gasteiger partial charge in [0.15, 0.2) is 0 Å². The average Bonchev–Trinajstić information content (AvgIpc) is 2.50. The number of hydrogen-bond acceptors (Lipinski definition) is 3. The van der Waals surface area contributed by atoms with Crippen LogP contribution in [0.2, 0.25) is 0 Å². The van der Waals surface area contributed by atoms with Crippen molar-refractivity contribution in [1.29, 1.82) is 0 Å². The molecular formula is C18H23N3. The fourth-order valence-corrected chi connectivity index (χ4v) is 2.26. The van der Waals surface area contributed by atoms with Crippen LogP contribution in [0.25, 0.3) is 10.9 Å². The van der Waals surface area contributed by atoms with Crippen molar-refractivity contribution in [3.63, 3.8) is 0 Å². The Bertz CT molecular complexity index is 644. The molecule has 2 aromatic rings. The van der Waals surface area contributed by atoms with E-state index in [9.17, 15) is 0 Å². The second-order valence-electron chi connectivity index (χ2n) is 5.35. The van der Waals surface area contributed by atoms with Crippen LogP contribution in [-0.4, -0.2) is 30.0 Å². The molecule has 21 heavy (non-hydrogen) atoms. The van der Waals surface area contributed by atoms with E-state index in [0.717, 1.165) is 17.6 Å². The van der Waals surface area contributed by atoms with Gasteiger partial charge in [0.05, 0.1) is 11.6 Å². The van der Waals surface area contributed by atoms with Gasteiger partial charge in [0.2, 0.25) is 0 Å². The van der Waals surface area contributed by atoms with Crippen molar-refractivity contribution < 1.29 is 0 Å². The molecular weight excluding hydrogens is 258 g/mol. The third kappa shape index (κ3) is 3.85. The van der Waals surface area contributed by atoms with E-state index in [2.05, 4.69) is 33.9 Å². The lowest BCUT2D eigenvalue weighted by Crippen LogP contribution is -2.34. The van der Waals surface area contributed by atoms with Gasteiger partial charge in [0.1, 0.15) is 0 Å². The Morgan fingerprint density at radius 2 is 2.14 bits per heavy atom. The number of hydrogen-bond donors (Lipinski definition) is 1. The predicted octanol–water partition coefficient (Wildman–Crippen LogP) is 3.34. The molecule has 2 rings (SSSR count). The van der Waals surface area contributed by atoms with Crippen LogP contribution in [0.1, 0.15) is 12.5 Å². The summed E-state index contributed by atoms with van der Waals surface area (Å²) < 4.78 is 0. The SMILES string of the molecule is C=C(C(Cc1cnc2ccccc2c1)N/C=C\C)N(C)C. The zero-order valence-electron chi connectivity index (χ0n) is 13.0. The van der Waals surface area contributed by atoms with Gasteiger partial charge >= 0.3 is 0 Å². The van der Waals surface area contributed by atoms with Gasteiger partial charge in [-0.1, -0.05) is 30.9 Å². The maximum atomic E-state index is 4.53. The monoisotopic (exact) mass is 281 g/mol. The minimum Gasteiger partial charge on any atom is -0.383 e. The van der Waals surface area contributed by atoms with Crippen LogP contribution < -0.4 is 5.32 Å². The first-order valence-electron chi connectivity index (χ1n) is 7.19. The van der Waals surface area contributed by atoms with Crippen LogP contribution in [0.4, 0.5) is 0 Å². The summed E-state index contributed by atoms with van der Waals surface area (Å²) in [5.41, 5.74) is 3.30. The van der Waals surface area contributed by atoms with Gasteiger partial charge in [-0.2, -0.15) is 0 Å². The van der Waals surface area contributed by atoms with E-state index in [-0.39, 0.29) is 6.04 Å². The maximum absolute atomic E-state index is 4.53. The lowest BCUT2D eigenvalue weighted by atomic mass is 10.0. The summed E-state index contributed by atoms with van der Waals surface area (Å²) in [6.07, 6.45) is 6.78. The molecule has 0 aliphatic heterocycles. The van der Waals surface area contributed by atoms with Crippen LogP contribution in [0, 0.1) is 0 Å². The summed E-state index contributed by atoms with van der Waals surface area (Å²) in [7, 11) is 4.04. The second kappa shape index (κ2) is 6.93. The van der Waals surface area contributed by atoms with E-state index in [0.29, 0.717) is 0 Å². The largest absolute Gasteiger partial charge is 0.383 e. The molecule has 0 spiro atoms. The van der Waals surface area contributed by atoms with Crippen molar-refractivity contribution in [2.45, 2.75) is 19.4 Å². The summed E-state index contributed by atoms with van der Waals surface area (Å²) in [5, 5.41) is 4.57. The Balaban J connectivity index is 2.22. The Morgan fingerprint density at radius 3 is 2.86 bits per heavy atom. The highest BCUT2D eigenvalue weighted by Crippen LogP contribution is 2.16. The predicted molar refractivity (Wildman–Crippen MR) is 90.0 cm³/mol. The molecule has 1 atom stereocenters. The van der Waals surface area contributed by atoms with Gasteiger partial charge in [-0.25, -0.2) is 0 Å². The van der Waals surface area contributed by atoms with E-state index in [1.54, 1.807) is 0 Å². The molecule has 110 valence electrons. The van der Waals surface area contributed by atoms with Crippen molar-refractivity contribution in [1.82, 2.24) is 15.2 Å². The molecule has 1 unspecified atom stereocenters. The minimum atomic E-state index is 0.166. The molecule has 0 saturated carbocycles. The van der Waals surface area contributed by atoms with Gasteiger partial charge < -0.3 is 10.2 Å². The van der Waals surface area contributed by atoms with Crippen LogP contribution in [0.15, 0.2) is 61.1 Å². The number of nitrogens with zero attached hydrogens (tertiary/aromatic N) is 2. The van der Waals surface area contributed by atoms with E-state index >= 15 is 0 Å². The van der Waals surface area contributed by atoms with E-state index in [1.807, 2.05) is 57.7 Å². The molecule has 3 nitrogen and oxygen atoms in total. The van der Waals surface area contributed by atoms with E-state index < -0.39 is 0 Å². The molecule has 0 fully saturated rings. The van der Waals surface area contributed by atoms with Gasteiger partial charge in [0, 0.05) is 31.4 Å². The third-order valence-electron chi connectivity index (χ3n) is 3.53. The van der Waals surface area contributed by atoms with Crippen LogP contribution in [0.3, 0.4) is 0 Å². The summed E-state index contributed by atoms with van der Waals surface area (Å²) in [6.45, 7) is 6.18. The standard InChI is InChI=1S/C18H23N3/c1-5-10-19-18(14(2)21(3)4)12-15-11-16-8-6-7-9-17(16)20-13-15/h5-11,13,18-19H,2,12H2,1,3-4H3/b10-5-. The number of benzene rings is 1. The van der Waals surface area contributed by atoms with E-state index in [1.165, 1.54) is 10.9 Å². The zero-order valence-corrected chi connectivity index (χ0v) is 13.0. The average molecular weight is 281 g/mol. The molecule has 1 aromatic heterocycles. The number of aromatic nitrogens is 1. The molecule has 0 bridgehead atoms. The van der Waals surface area contributed by atoms with Gasteiger partial charge in [0.25, 0.3) is 0 Å². The van der Waals surface area contributed by atoms with Crippen LogP contribution in [-0.2, 0) is 6.42 Å². The Morgan fingerprint density at radius 1 is 1.38 bits per heavy atom. The van der Waals surface area contributed by atoms with Gasteiger partial charge in [-0.15, -0.1) is 0 Å². The number of nitrogens with one attached hydrogen (secondary N) is 1. The lowest BCUT2D eigenvalue weighted by molar-refractivity contribution is 0.441. The Labute approximate surface area is 127 Å². The Kier molecular flexibility index (Phi) is 4.99. The molecule has 1 aromatic carbocycles. The molecule has 0 aliphatic carbocycles. The van der Waals surface area contributed by atoms with Crippen molar-refractivity contribution in [2.24, 2.45) is 0 Å². The van der Waals surface area contributed by atoms with Gasteiger partial charge in [-0.05, 0) is 37.2 Å². The number of allylic oxidation sites excluding steroid dienone is 1. The second-order valence-corrected chi connectivity index (χ2v) is 5.35. The quantitative estimate of drug-likeness (QED) is 0.880. The molecule has 0 radical (unpaired) electrons. The Hall–Kier alpha value is -2.29. The molecule has 1 N–H and O–H groups in total. The summed E-state index contributed by atoms with van der Waals surface area (Å²) in [5.74, 6) is 0. The van der Waals surface area contributed by atoms with Crippen molar-refractivity contribution >= 4 is 10.9 Å². The maximum Gasteiger partial charge on any atom is 0.0702 e. The number of rotatable bonds is 6. The lowest BCUT2D eigenvalue weighted by Gasteiger charge is -2.26. The highest BCUT2D eigenvalue weighted by Gasteiger charge is 2.14. The summed E-state index contributed by atoms with van der Waals surface area (Å²) >= 11 is 0. The fourth-order valence-electron chi connectivity index (χ4n) is 2.26. The normalized spacial score (nSPS) is 12.5. The van der Waals surface area contributed by atoms with Crippen LogP contribution in [0.5, 0.6) is 0 Å². The number of pyridine rings is 1. The molecule has 0 saturated heterocycles. The number of likely N-dealkylation sites (N-methyl/N-ethyl adjacent to an activating group) is 1. The first-order chi connectivity index (χ1) is 10.1. The topological polar surface area (TPSA) is 28.2 Å². The van der Waals surface area contributed by atoms with E-state index in [4.69, 9.17) is 0 Å². The third-order valence-corrected chi connectivity index (χ3v) is 3.53. The zero-order chi connectivity index (χ0) is 15.2. The fraction of sp³-hybridized carbons (Fsp3) is 0.278. The first kappa shape index (κ1) is 15.1. The van der Waals surface area contributed by atoms with Crippen molar-refractivity contribution in [3.05, 3.63) is 66.6 Å². The van der Waals surface area contributed by atoms with Crippen molar-refractivity contribution in [2.75, 3.05) is 14.1 Å². The van der Waals surface area contributed by atoms with Crippen LogP contribution >= 0.6 is 0 Å². The summed E-state index contributed by atoms with van der Waals surface area (Å²) in [4.78, 5) is 6.58. The number of para-hydroxylation sites is 1. The number of fused-ring (bicyclic) bond motifs is 1. The van der Waals surface area contributed by atoms with Crippen molar-refractivity contribution in [3.8, 4) is 0 Å². The summed E-state index contributed by atoms with van der Waals surface area (Å²) in [6, 6.07) is 10.6. The highest BCUT2D eigenvalue weighted by atomic mass is 15.1. The minimum absolute atomic E-state index is 0.166. The van der Waals surface area contributed by atoms with Gasteiger partial charge in [-0.3, -0.25) is 4.98 Å².